The Kier molecular flexibility index (Phi) is 2.99. The topological polar surface area (TPSA) is 50.9 Å². The average molecular weight is 224 g/mol. The number of nitrogens with zero attached hydrogens (tertiary/aromatic N) is 3. The van der Waals surface area contributed by atoms with Crippen molar-refractivity contribution in [2.45, 2.75) is 13.2 Å². The zero-order valence-electron chi connectivity index (χ0n) is 7.97. The summed E-state index contributed by atoms with van der Waals surface area (Å²) in [5.74, 6) is 0. The standard InChI is InChI=1S/C10H10ClN3O/c11-10-3-12-2-1-8(10)4-14-5-9(6-15)13-7-14/h1-3,5,7,15H,4,6H2. The number of aromatic nitrogens is 3. The fourth-order valence-corrected chi connectivity index (χ4v) is 1.48. The maximum atomic E-state index is 8.86. The van der Waals surface area contributed by atoms with Crippen molar-refractivity contribution < 1.29 is 5.11 Å². The van der Waals surface area contributed by atoms with Crippen molar-refractivity contribution in [2.75, 3.05) is 0 Å². The van der Waals surface area contributed by atoms with Crippen LogP contribution in [0.4, 0.5) is 0 Å². The van der Waals surface area contributed by atoms with E-state index in [9.17, 15) is 0 Å². The van der Waals surface area contributed by atoms with Gasteiger partial charge in [-0.25, -0.2) is 4.98 Å². The van der Waals surface area contributed by atoms with Crippen molar-refractivity contribution in [3.05, 3.63) is 47.3 Å². The van der Waals surface area contributed by atoms with Gasteiger partial charge < -0.3 is 9.67 Å². The summed E-state index contributed by atoms with van der Waals surface area (Å²) < 4.78 is 1.87. The molecule has 2 aromatic rings. The van der Waals surface area contributed by atoms with Gasteiger partial charge in [-0.3, -0.25) is 4.98 Å². The van der Waals surface area contributed by atoms with Crippen molar-refractivity contribution >= 4 is 11.6 Å². The summed E-state index contributed by atoms with van der Waals surface area (Å²) in [7, 11) is 0. The van der Waals surface area contributed by atoms with Gasteiger partial charge in [-0.2, -0.15) is 0 Å². The molecule has 0 saturated carbocycles. The third-order valence-corrected chi connectivity index (χ3v) is 2.40. The average Bonchev–Trinajstić information content (AvgIpc) is 2.69. The van der Waals surface area contributed by atoms with Gasteiger partial charge in [-0.15, -0.1) is 0 Å². The van der Waals surface area contributed by atoms with E-state index < -0.39 is 0 Å². The molecule has 0 aliphatic carbocycles. The molecule has 0 saturated heterocycles. The van der Waals surface area contributed by atoms with E-state index in [1.165, 1.54) is 0 Å². The van der Waals surface area contributed by atoms with E-state index in [1.807, 2.05) is 10.6 Å². The number of hydrogen-bond acceptors (Lipinski definition) is 3. The Hall–Kier alpha value is -1.39. The highest BCUT2D eigenvalue weighted by Gasteiger charge is 2.02. The van der Waals surface area contributed by atoms with Gasteiger partial charge >= 0.3 is 0 Å². The number of aliphatic hydroxyl groups excluding tert-OH is 1. The first-order valence-electron chi connectivity index (χ1n) is 4.49. The lowest BCUT2D eigenvalue weighted by molar-refractivity contribution is 0.277. The van der Waals surface area contributed by atoms with E-state index in [0.29, 0.717) is 17.3 Å². The highest BCUT2D eigenvalue weighted by Crippen LogP contribution is 2.14. The Morgan fingerprint density at radius 1 is 1.47 bits per heavy atom. The molecule has 0 aliphatic rings. The summed E-state index contributed by atoms with van der Waals surface area (Å²) in [6, 6.07) is 1.86. The molecule has 0 amide bonds. The van der Waals surface area contributed by atoms with Crippen LogP contribution >= 0.6 is 11.6 Å². The highest BCUT2D eigenvalue weighted by atomic mass is 35.5. The first-order valence-corrected chi connectivity index (χ1v) is 4.87. The van der Waals surface area contributed by atoms with Crippen LogP contribution in [0.2, 0.25) is 5.02 Å². The van der Waals surface area contributed by atoms with E-state index in [0.717, 1.165) is 5.56 Å². The Morgan fingerprint density at radius 2 is 2.33 bits per heavy atom. The zero-order valence-corrected chi connectivity index (χ0v) is 8.72. The fourth-order valence-electron chi connectivity index (χ4n) is 1.30. The van der Waals surface area contributed by atoms with Gasteiger partial charge in [0.15, 0.2) is 0 Å². The van der Waals surface area contributed by atoms with Crippen molar-refractivity contribution in [3.63, 3.8) is 0 Å². The maximum absolute atomic E-state index is 8.86. The molecule has 2 rings (SSSR count). The summed E-state index contributed by atoms with van der Waals surface area (Å²) in [4.78, 5) is 7.93. The maximum Gasteiger partial charge on any atom is 0.0953 e. The van der Waals surface area contributed by atoms with E-state index >= 15 is 0 Å². The van der Waals surface area contributed by atoms with E-state index in [1.54, 1.807) is 24.9 Å². The molecule has 5 heteroatoms. The lowest BCUT2D eigenvalue weighted by atomic mass is 10.2. The molecule has 2 heterocycles. The largest absolute Gasteiger partial charge is 0.390 e. The van der Waals surface area contributed by atoms with Crippen molar-refractivity contribution in [1.82, 2.24) is 14.5 Å². The van der Waals surface area contributed by atoms with Crippen molar-refractivity contribution in [2.24, 2.45) is 0 Å². The molecule has 0 aromatic carbocycles. The quantitative estimate of drug-likeness (QED) is 0.858. The molecule has 0 bridgehead atoms. The summed E-state index contributed by atoms with van der Waals surface area (Å²) in [6.45, 7) is 0.589. The van der Waals surface area contributed by atoms with Crippen LogP contribution in [-0.4, -0.2) is 19.6 Å². The van der Waals surface area contributed by atoms with Crippen LogP contribution in [-0.2, 0) is 13.2 Å². The lowest BCUT2D eigenvalue weighted by Gasteiger charge is -2.03. The number of imidazole rings is 1. The molecule has 15 heavy (non-hydrogen) atoms. The van der Waals surface area contributed by atoms with Gasteiger partial charge in [0, 0.05) is 18.6 Å². The first kappa shape index (κ1) is 10.1. The van der Waals surface area contributed by atoms with Gasteiger partial charge in [0.05, 0.1) is 30.2 Å². The predicted molar refractivity (Wildman–Crippen MR) is 56.5 cm³/mol. The highest BCUT2D eigenvalue weighted by molar-refractivity contribution is 6.31. The number of halogens is 1. The minimum absolute atomic E-state index is 0.0446. The molecule has 4 nitrogen and oxygen atoms in total. The zero-order chi connectivity index (χ0) is 10.7. The molecule has 1 N–H and O–H groups in total. The smallest absolute Gasteiger partial charge is 0.0953 e. The van der Waals surface area contributed by atoms with Crippen LogP contribution in [0.1, 0.15) is 11.3 Å². The molecular formula is C10H10ClN3O. The second-order valence-corrected chi connectivity index (χ2v) is 3.57. The third-order valence-electron chi connectivity index (χ3n) is 2.06. The normalized spacial score (nSPS) is 10.5. The van der Waals surface area contributed by atoms with Crippen LogP contribution in [0.5, 0.6) is 0 Å². The molecular weight excluding hydrogens is 214 g/mol. The van der Waals surface area contributed by atoms with Gasteiger partial charge in [0.25, 0.3) is 0 Å². The summed E-state index contributed by atoms with van der Waals surface area (Å²) >= 11 is 5.97. The Labute approximate surface area is 92.2 Å². The van der Waals surface area contributed by atoms with Crippen molar-refractivity contribution in [1.29, 1.82) is 0 Å². The van der Waals surface area contributed by atoms with Gasteiger partial charge in [-0.1, -0.05) is 11.6 Å². The fraction of sp³-hybridized carbons (Fsp3) is 0.200. The van der Waals surface area contributed by atoms with Crippen LogP contribution in [0, 0.1) is 0 Å². The number of rotatable bonds is 3. The molecule has 0 unspecified atom stereocenters. The lowest BCUT2D eigenvalue weighted by Crippen LogP contribution is -1.97. The minimum Gasteiger partial charge on any atom is -0.390 e. The molecule has 0 aliphatic heterocycles. The van der Waals surface area contributed by atoms with E-state index in [-0.39, 0.29) is 6.61 Å². The molecule has 78 valence electrons. The van der Waals surface area contributed by atoms with Crippen LogP contribution in [0.15, 0.2) is 31.0 Å². The Balaban J connectivity index is 2.18. The summed E-state index contributed by atoms with van der Waals surface area (Å²) in [5.41, 5.74) is 1.63. The van der Waals surface area contributed by atoms with Gasteiger partial charge in [0.1, 0.15) is 0 Å². The van der Waals surface area contributed by atoms with E-state index in [2.05, 4.69) is 9.97 Å². The Morgan fingerprint density at radius 3 is 3.00 bits per heavy atom. The monoisotopic (exact) mass is 223 g/mol. The predicted octanol–water partition coefficient (Wildman–Crippen LogP) is 1.47. The Bertz CT molecular complexity index is 455. The van der Waals surface area contributed by atoms with E-state index in [4.69, 9.17) is 16.7 Å². The van der Waals surface area contributed by atoms with Crippen LogP contribution in [0.25, 0.3) is 0 Å². The number of hydrogen-bond donors (Lipinski definition) is 1. The van der Waals surface area contributed by atoms with Crippen LogP contribution in [0.3, 0.4) is 0 Å². The second kappa shape index (κ2) is 4.42. The van der Waals surface area contributed by atoms with Gasteiger partial charge in [-0.05, 0) is 11.6 Å². The molecule has 0 atom stereocenters. The first-order chi connectivity index (χ1) is 7.29. The second-order valence-electron chi connectivity index (χ2n) is 3.16. The molecule has 0 fully saturated rings. The molecule has 0 spiro atoms. The number of pyridine rings is 1. The summed E-state index contributed by atoms with van der Waals surface area (Å²) in [6.07, 6.45) is 6.77. The molecule has 0 radical (unpaired) electrons. The van der Waals surface area contributed by atoms with Crippen LogP contribution < -0.4 is 0 Å². The number of aliphatic hydroxyl groups is 1. The third kappa shape index (κ3) is 2.34. The summed E-state index contributed by atoms with van der Waals surface area (Å²) in [5, 5.41) is 9.50. The van der Waals surface area contributed by atoms with Gasteiger partial charge in [0.2, 0.25) is 0 Å². The SMILES string of the molecule is OCc1cn(Cc2ccncc2Cl)cn1. The van der Waals surface area contributed by atoms with Crippen molar-refractivity contribution in [3.8, 4) is 0 Å². The molecule has 2 aromatic heterocycles. The minimum atomic E-state index is -0.0446.